The molecule has 0 spiro atoms. The number of piperidine rings is 1. The minimum atomic E-state index is -0.716. The summed E-state index contributed by atoms with van der Waals surface area (Å²) in [4.78, 5) is 29.2. The molecule has 0 saturated carbocycles. The van der Waals surface area contributed by atoms with E-state index < -0.39 is 6.09 Å². The molecule has 3 aromatic rings. The summed E-state index contributed by atoms with van der Waals surface area (Å²) in [7, 11) is 0. The van der Waals surface area contributed by atoms with Crippen LogP contribution in [-0.2, 0) is 11.3 Å². The number of nitrogens with one attached hydrogen (secondary N) is 1. The Morgan fingerprint density at radius 3 is 2.38 bits per heavy atom. The van der Waals surface area contributed by atoms with Crippen LogP contribution in [-0.4, -0.2) is 71.8 Å². The maximum atomic E-state index is 10.8. The normalized spacial score (nSPS) is 16.6. The van der Waals surface area contributed by atoms with Gasteiger partial charge in [-0.15, -0.1) is 0 Å². The van der Waals surface area contributed by atoms with E-state index in [0.29, 0.717) is 45.8 Å². The molecule has 40 heavy (non-hydrogen) atoms. The lowest BCUT2D eigenvalue weighted by Crippen LogP contribution is -2.44. The number of carbonyl (C=O) groups is 1. The molecule has 5 rings (SSSR count). The van der Waals surface area contributed by atoms with Gasteiger partial charge in [-0.3, -0.25) is 4.90 Å². The third kappa shape index (κ3) is 7.94. The maximum Gasteiger partial charge on any atom is 0.404 e. The van der Waals surface area contributed by atoms with Crippen molar-refractivity contribution in [2.45, 2.75) is 25.8 Å². The molecule has 2 aromatic heterocycles. The highest BCUT2D eigenvalue weighted by atomic mass is 35.5. The maximum absolute atomic E-state index is 10.8. The van der Waals surface area contributed by atoms with E-state index in [4.69, 9.17) is 43.4 Å². The van der Waals surface area contributed by atoms with Gasteiger partial charge in [0.05, 0.1) is 24.7 Å². The summed E-state index contributed by atoms with van der Waals surface area (Å²) in [6.45, 7) is 6.56. The molecule has 1 aromatic carbocycles. The Morgan fingerprint density at radius 1 is 1.00 bits per heavy atom. The average molecular weight is 587 g/mol. The largest absolute Gasteiger partial charge is 0.450 e. The summed E-state index contributed by atoms with van der Waals surface area (Å²) in [6, 6.07) is 9.38. The standard InChI is InChI=1S/C28H33Cl2N7O3/c29-22-13-21(14-23(30)15-22)25-11-20(18-36-6-1-19(2-7-36)3-10-39-27(31)38)12-26(35-25)40-24-16-33-28(34-17-24)37-8-4-32-5-9-37/h11-17,19,32H,1-10,18H2,(H2,31,38). The van der Waals surface area contributed by atoms with Crippen LogP contribution >= 0.6 is 23.2 Å². The molecule has 2 saturated heterocycles. The Kier molecular flexibility index (Phi) is 9.53. The van der Waals surface area contributed by atoms with Crippen molar-refractivity contribution < 1.29 is 14.3 Å². The highest BCUT2D eigenvalue weighted by Gasteiger charge is 2.21. The Bertz CT molecular complexity index is 1280. The molecular formula is C28H33Cl2N7O3. The molecule has 12 heteroatoms. The van der Waals surface area contributed by atoms with Gasteiger partial charge in [-0.05, 0) is 68.1 Å². The predicted molar refractivity (Wildman–Crippen MR) is 155 cm³/mol. The second-order valence-corrected chi connectivity index (χ2v) is 11.0. The lowest BCUT2D eigenvalue weighted by atomic mass is 9.93. The molecular weight excluding hydrogens is 553 g/mol. The van der Waals surface area contributed by atoms with Crippen LogP contribution in [0.5, 0.6) is 11.6 Å². The molecule has 0 aliphatic carbocycles. The van der Waals surface area contributed by atoms with Gasteiger partial charge in [0, 0.05) is 54.4 Å². The highest BCUT2D eigenvalue weighted by Crippen LogP contribution is 2.31. The van der Waals surface area contributed by atoms with Crippen LogP contribution in [0.3, 0.4) is 0 Å². The van der Waals surface area contributed by atoms with Crippen LogP contribution in [0.25, 0.3) is 11.3 Å². The predicted octanol–water partition coefficient (Wildman–Crippen LogP) is 4.74. The van der Waals surface area contributed by atoms with E-state index in [9.17, 15) is 4.79 Å². The number of halogens is 2. The van der Waals surface area contributed by atoms with E-state index in [2.05, 4.69) is 25.1 Å². The Hall–Kier alpha value is -3.18. The average Bonchev–Trinajstić information content (AvgIpc) is 2.94. The number of anilines is 1. The van der Waals surface area contributed by atoms with E-state index in [1.165, 1.54) is 0 Å². The number of ether oxygens (including phenoxy) is 2. The summed E-state index contributed by atoms with van der Waals surface area (Å²) >= 11 is 12.6. The molecule has 0 bridgehead atoms. The number of aromatic nitrogens is 3. The zero-order valence-electron chi connectivity index (χ0n) is 22.2. The summed E-state index contributed by atoms with van der Waals surface area (Å²) < 4.78 is 11.1. The van der Waals surface area contributed by atoms with Crippen molar-refractivity contribution in [2.75, 3.05) is 50.8 Å². The van der Waals surface area contributed by atoms with E-state index in [0.717, 1.165) is 76.2 Å². The minimum Gasteiger partial charge on any atom is -0.450 e. The molecule has 2 aliphatic heterocycles. The zero-order chi connectivity index (χ0) is 27.9. The molecule has 1 amide bonds. The molecule has 3 N–H and O–H groups in total. The molecule has 10 nitrogen and oxygen atoms in total. The molecule has 2 fully saturated rings. The Balaban J connectivity index is 1.31. The number of benzene rings is 1. The van der Waals surface area contributed by atoms with Gasteiger partial charge in [0.2, 0.25) is 11.8 Å². The number of hydrogen-bond acceptors (Lipinski definition) is 9. The molecule has 0 atom stereocenters. The first kappa shape index (κ1) is 28.4. The molecule has 0 unspecified atom stereocenters. The van der Waals surface area contributed by atoms with Crippen LogP contribution in [0.4, 0.5) is 10.7 Å². The number of likely N-dealkylation sites (tertiary alicyclic amines) is 1. The molecule has 4 heterocycles. The first-order valence-electron chi connectivity index (χ1n) is 13.5. The number of piperazine rings is 1. The summed E-state index contributed by atoms with van der Waals surface area (Å²) in [5.41, 5.74) is 7.66. The number of amides is 1. The minimum absolute atomic E-state index is 0.372. The first-order valence-corrected chi connectivity index (χ1v) is 14.2. The van der Waals surface area contributed by atoms with Crippen molar-refractivity contribution in [3.63, 3.8) is 0 Å². The number of hydrogen-bond donors (Lipinski definition) is 2. The smallest absolute Gasteiger partial charge is 0.404 e. The highest BCUT2D eigenvalue weighted by molar-refractivity contribution is 6.35. The number of nitrogens with two attached hydrogens (primary N) is 1. The second kappa shape index (κ2) is 13.5. The van der Waals surface area contributed by atoms with Crippen molar-refractivity contribution in [3.05, 3.63) is 58.3 Å². The summed E-state index contributed by atoms with van der Waals surface area (Å²) in [6.07, 6.45) is 5.54. The van der Waals surface area contributed by atoms with Gasteiger partial charge in [0.15, 0.2) is 5.75 Å². The van der Waals surface area contributed by atoms with E-state index >= 15 is 0 Å². The monoisotopic (exact) mass is 585 g/mol. The fourth-order valence-corrected chi connectivity index (χ4v) is 5.61. The quantitative estimate of drug-likeness (QED) is 0.366. The lowest BCUT2D eigenvalue weighted by molar-refractivity contribution is 0.127. The lowest BCUT2D eigenvalue weighted by Gasteiger charge is -2.32. The van der Waals surface area contributed by atoms with E-state index in [1.807, 2.05) is 24.3 Å². The number of nitrogens with zero attached hydrogens (tertiary/aromatic N) is 5. The number of pyridine rings is 1. The van der Waals surface area contributed by atoms with Gasteiger partial charge in [-0.25, -0.2) is 19.7 Å². The fourth-order valence-electron chi connectivity index (χ4n) is 5.08. The number of rotatable bonds is 9. The van der Waals surface area contributed by atoms with Crippen LogP contribution < -0.4 is 20.7 Å². The zero-order valence-corrected chi connectivity index (χ0v) is 23.7. The van der Waals surface area contributed by atoms with Crippen molar-refractivity contribution in [2.24, 2.45) is 11.7 Å². The van der Waals surface area contributed by atoms with Crippen molar-refractivity contribution in [1.29, 1.82) is 0 Å². The summed E-state index contributed by atoms with van der Waals surface area (Å²) in [5, 5.41) is 4.41. The van der Waals surface area contributed by atoms with Crippen LogP contribution in [0.15, 0.2) is 42.7 Å². The third-order valence-corrected chi connectivity index (χ3v) is 7.58. The topological polar surface area (TPSA) is 119 Å². The van der Waals surface area contributed by atoms with Crippen molar-refractivity contribution in [1.82, 2.24) is 25.2 Å². The van der Waals surface area contributed by atoms with Gasteiger partial charge in [-0.1, -0.05) is 23.2 Å². The third-order valence-electron chi connectivity index (χ3n) is 7.14. The van der Waals surface area contributed by atoms with E-state index in [-0.39, 0.29) is 0 Å². The van der Waals surface area contributed by atoms with Crippen LogP contribution in [0.1, 0.15) is 24.8 Å². The fraction of sp³-hybridized carbons (Fsp3) is 0.429. The summed E-state index contributed by atoms with van der Waals surface area (Å²) in [5.74, 6) is 2.16. The Labute approximate surface area is 243 Å². The molecule has 2 aliphatic rings. The number of primary amides is 1. The molecule has 212 valence electrons. The van der Waals surface area contributed by atoms with E-state index in [1.54, 1.807) is 18.5 Å². The first-order chi connectivity index (χ1) is 19.4. The van der Waals surface area contributed by atoms with Gasteiger partial charge in [-0.2, -0.15) is 0 Å². The SMILES string of the molecule is NC(=O)OCCC1CCN(Cc2cc(Oc3cnc(N4CCNCC4)nc3)nc(-c3cc(Cl)cc(Cl)c3)c2)CC1. The van der Waals surface area contributed by atoms with Crippen LogP contribution in [0.2, 0.25) is 10.0 Å². The second-order valence-electron chi connectivity index (χ2n) is 10.1. The van der Waals surface area contributed by atoms with Gasteiger partial charge < -0.3 is 25.4 Å². The molecule has 0 radical (unpaired) electrons. The van der Waals surface area contributed by atoms with Gasteiger partial charge in [0.25, 0.3) is 0 Å². The number of carbonyl (C=O) groups excluding carboxylic acids is 1. The van der Waals surface area contributed by atoms with Gasteiger partial charge >= 0.3 is 6.09 Å². The van der Waals surface area contributed by atoms with Crippen molar-refractivity contribution >= 4 is 35.2 Å². The van der Waals surface area contributed by atoms with Crippen LogP contribution in [0, 0.1) is 5.92 Å². The van der Waals surface area contributed by atoms with Crippen molar-refractivity contribution in [3.8, 4) is 22.9 Å². The Morgan fingerprint density at radius 2 is 1.70 bits per heavy atom. The van der Waals surface area contributed by atoms with Gasteiger partial charge in [0.1, 0.15) is 0 Å².